The average Bonchev–Trinajstić information content (AvgIpc) is 2.73. The Hall–Kier alpha value is -2.91. The van der Waals surface area contributed by atoms with E-state index in [2.05, 4.69) is 10.4 Å². The van der Waals surface area contributed by atoms with E-state index in [0.29, 0.717) is 29.3 Å². The number of nitrogens with zero attached hydrogens (tertiary/aromatic N) is 3. The zero-order valence-electron chi connectivity index (χ0n) is 17.5. The summed E-state index contributed by atoms with van der Waals surface area (Å²) in [6.07, 6.45) is 0.220. The van der Waals surface area contributed by atoms with Gasteiger partial charge in [-0.25, -0.2) is 14.2 Å². The number of ether oxygens (including phenoxy) is 1. The number of thioether (sulfide) groups is 1. The number of nitrogens with one attached hydrogen (secondary N) is 1. The van der Waals surface area contributed by atoms with Crippen LogP contribution < -0.4 is 5.32 Å². The molecular formula is C22H25FN4O3S. The van der Waals surface area contributed by atoms with Crippen molar-refractivity contribution in [2.24, 2.45) is 5.10 Å². The second-order valence-corrected chi connectivity index (χ2v) is 8.18. The lowest BCUT2D eigenvalue weighted by Crippen LogP contribution is -2.30. The number of hydrogen-bond donors (Lipinski definition) is 1. The molecule has 164 valence electrons. The smallest absolute Gasteiger partial charge is 0.411 e. The maximum absolute atomic E-state index is 14.1. The highest BCUT2D eigenvalue weighted by molar-refractivity contribution is 8.14. The first-order valence-corrected chi connectivity index (χ1v) is 10.8. The molecule has 0 bridgehead atoms. The fraction of sp³-hybridized carbons (Fsp3) is 0.318. The van der Waals surface area contributed by atoms with Crippen LogP contribution in [0.3, 0.4) is 0 Å². The van der Waals surface area contributed by atoms with Crippen molar-refractivity contribution in [1.29, 1.82) is 0 Å². The third-order valence-electron chi connectivity index (χ3n) is 4.46. The van der Waals surface area contributed by atoms with Crippen LogP contribution in [0.4, 0.5) is 19.7 Å². The molecule has 0 atom stereocenters. The van der Waals surface area contributed by atoms with Gasteiger partial charge in [0, 0.05) is 23.5 Å². The number of rotatable bonds is 8. The second kappa shape index (κ2) is 10.9. The molecule has 2 aromatic rings. The molecule has 3 rings (SSSR count). The number of hydrogen-bond acceptors (Lipinski definition) is 6. The molecule has 1 aliphatic heterocycles. The van der Waals surface area contributed by atoms with Gasteiger partial charge < -0.3 is 9.64 Å². The minimum absolute atomic E-state index is 0.206. The summed E-state index contributed by atoms with van der Waals surface area (Å²) in [5.74, 6) is -0.0520. The van der Waals surface area contributed by atoms with Crippen molar-refractivity contribution in [3.8, 4) is 0 Å². The number of anilines is 1. The van der Waals surface area contributed by atoms with Gasteiger partial charge in [0.05, 0.1) is 18.9 Å². The lowest BCUT2D eigenvalue weighted by atomic mass is 10.1. The predicted octanol–water partition coefficient (Wildman–Crippen LogP) is 4.40. The molecule has 9 heteroatoms. The van der Waals surface area contributed by atoms with E-state index in [9.17, 15) is 14.0 Å². The van der Waals surface area contributed by atoms with Gasteiger partial charge in [-0.2, -0.15) is 5.10 Å². The normalized spacial score (nSPS) is 13.9. The first kappa shape index (κ1) is 22.8. The van der Waals surface area contributed by atoms with E-state index in [1.54, 1.807) is 36.4 Å². The number of amides is 2. The van der Waals surface area contributed by atoms with Gasteiger partial charge in [0.2, 0.25) is 0 Å². The van der Waals surface area contributed by atoms with E-state index in [-0.39, 0.29) is 17.6 Å². The summed E-state index contributed by atoms with van der Waals surface area (Å²) >= 11 is 1.08. The Balaban J connectivity index is 1.63. The molecule has 7 nitrogen and oxygen atoms in total. The van der Waals surface area contributed by atoms with Crippen LogP contribution in [0.5, 0.6) is 0 Å². The highest BCUT2D eigenvalue weighted by Crippen LogP contribution is 2.23. The van der Waals surface area contributed by atoms with E-state index in [1.165, 1.54) is 11.1 Å². The van der Waals surface area contributed by atoms with Crippen molar-refractivity contribution in [2.75, 3.05) is 38.3 Å². The lowest BCUT2D eigenvalue weighted by molar-refractivity contribution is 0.156. The number of hydrazone groups is 1. The Labute approximate surface area is 185 Å². The summed E-state index contributed by atoms with van der Waals surface area (Å²) in [5, 5.41) is 8.16. The Morgan fingerprint density at radius 2 is 2.06 bits per heavy atom. The van der Waals surface area contributed by atoms with Crippen LogP contribution >= 0.6 is 11.8 Å². The zero-order chi connectivity index (χ0) is 22.2. The average molecular weight is 445 g/mol. The highest BCUT2D eigenvalue weighted by Gasteiger charge is 2.23. The van der Waals surface area contributed by atoms with E-state index >= 15 is 0 Å². The van der Waals surface area contributed by atoms with Crippen molar-refractivity contribution >= 4 is 34.5 Å². The van der Waals surface area contributed by atoms with Crippen LogP contribution in [0.15, 0.2) is 53.6 Å². The Kier molecular flexibility index (Phi) is 8.02. The Morgan fingerprint density at radius 1 is 1.26 bits per heavy atom. The monoisotopic (exact) mass is 444 g/mol. The van der Waals surface area contributed by atoms with Gasteiger partial charge in [-0.3, -0.25) is 10.1 Å². The van der Waals surface area contributed by atoms with Crippen molar-refractivity contribution in [2.45, 2.75) is 13.0 Å². The van der Waals surface area contributed by atoms with Crippen LogP contribution in [-0.4, -0.2) is 60.0 Å². The fourth-order valence-electron chi connectivity index (χ4n) is 2.97. The molecule has 0 aromatic heterocycles. The Bertz CT molecular complexity index is 967. The van der Waals surface area contributed by atoms with E-state index in [1.807, 2.05) is 25.1 Å². The molecule has 1 aliphatic rings. The van der Waals surface area contributed by atoms with Gasteiger partial charge in [-0.05, 0) is 44.3 Å². The van der Waals surface area contributed by atoms with Gasteiger partial charge in [0.15, 0.2) is 0 Å². The van der Waals surface area contributed by atoms with Crippen molar-refractivity contribution in [1.82, 2.24) is 9.91 Å². The molecule has 0 saturated carbocycles. The molecule has 1 N–H and O–H groups in total. The number of benzene rings is 2. The van der Waals surface area contributed by atoms with Gasteiger partial charge in [-0.1, -0.05) is 42.1 Å². The lowest BCUT2D eigenvalue weighted by Gasteiger charge is -2.23. The molecule has 1 heterocycles. The van der Waals surface area contributed by atoms with E-state index in [0.717, 1.165) is 30.3 Å². The van der Waals surface area contributed by atoms with Crippen LogP contribution in [0, 0.1) is 5.82 Å². The predicted molar refractivity (Wildman–Crippen MR) is 121 cm³/mol. The van der Waals surface area contributed by atoms with Crippen LogP contribution in [0.25, 0.3) is 0 Å². The second-order valence-electron chi connectivity index (χ2n) is 7.26. The molecule has 31 heavy (non-hydrogen) atoms. The standard InChI is InChI=1S/C22H25FN4O3S/c1-26(2)11-6-12-30-21(28)24-17-8-5-7-16(13-17)14-27-22(29)31-15-20(25-27)18-9-3-4-10-19(18)23/h3-5,7-10,13H,6,11-12,14-15H2,1-2H3,(H,24,28). The van der Waals surface area contributed by atoms with Gasteiger partial charge in [0.25, 0.3) is 0 Å². The van der Waals surface area contributed by atoms with Crippen LogP contribution in [0.1, 0.15) is 17.5 Å². The van der Waals surface area contributed by atoms with Gasteiger partial charge in [0.1, 0.15) is 5.82 Å². The summed E-state index contributed by atoms with van der Waals surface area (Å²) in [6, 6.07) is 13.5. The maximum atomic E-state index is 14.1. The molecule has 0 fully saturated rings. The number of carbonyl (C=O) groups is 2. The first-order chi connectivity index (χ1) is 14.9. The summed E-state index contributed by atoms with van der Waals surface area (Å²) in [6.45, 7) is 1.37. The molecule has 0 saturated heterocycles. The minimum atomic E-state index is -0.527. The first-order valence-electron chi connectivity index (χ1n) is 9.86. The molecule has 0 aliphatic carbocycles. The number of halogens is 1. The molecule has 0 radical (unpaired) electrons. The highest BCUT2D eigenvalue weighted by atomic mass is 32.2. The summed E-state index contributed by atoms with van der Waals surface area (Å²) < 4.78 is 19.3. The maximum Gasteiger partial charge on any atom is 0.411 e. The quantitative estimate of drug-likeness (QED) is 0.611. The largest absolute Gasteiger partial charge is 0.449 e. The molecular weight excluding hydrogens is 419 g/mol. The molecule has 2 amide bonds. The van der Waals surface area contributed by atoms with E-state index < -0.39 is 6.09 Å². The van der Waals surface area contributed by atoms with Gasteiger partial charge >= 0.3 is 11.3 Å². The summed E-state index contributed by atoms with van der Waals surface area (Å²) in [7, 11) is 3.92. The third-order valence-corrected chi connectivity index (χ3v) is 5.33. The SMILES string of the molecule is CN(C)CCCOC(=O)Nc1cccc(CN2N=C(c3ccccc3F)CSC2=O)c1. The summed E-state index contributed by atoms with van der Waals surface area (Å²) in [4.78, 5) is 26.3. The minimum Gasteiger partial charge on any atom is -0.449 e. The van der Waals surface area contributed by atoms with Crippen LogP contribution in [0.2, 0.25) is 0 Å². The number of carbonyl (C=O) groups excluding carboxylic acids is 2. The Morgan fingerprint density at radius 3 is 2.84 bits per heavy atom. The molecule has 0 spiro atoms. The third kappa shape index (κ3) is 6.80. The van der Waals surface area contributed by atoms with Crippen LogP contribution in [-0.2, 0) is 11.3 Å². The van der Waals surface area contributed by atoms with Crippen molar-refractivity contribution in [3.63, 3.8) is 0 Å². The topological polar surface area (TPSA) is 74.2 Å². The van der Waals surface area contributed by atoms with Crippen molar-refractivity contribution < 1.29 is 18.7 Å². The van der Waals surface area contributed by atoms with Crippen molar-refractivity contribution in [3.05, 3.63) is 65.5 Å². The molecule has 2 aromatic carbocycles. The molecule has 0 unspecified atom stereocenters. The van der Waals surface area contributed by atoms with E-state index in [4.69, 9.17) is 4.74 Å². The zero-order valence-corrected chi connectivity index (χ0v) is 18.3. The van der Waals surface area contributed by atoms with Gasteiger partial charge in [-0.15, -0.1) is 0 Å². The summed E-state index contributed by atoms with van der Waals surface area (Å²) in [5.41, 5.74) is 2.24. The fourth-order valence-corrected chi connectivity index (χ4v) is 3.69.